The number of fused-ring (bicyclic) bond motifs is 1. The van der Waals surface area contributed by atoms with E-state index in [2.05, 4.69) is 16.0 Å². The number of ether oxygens (including phenoxy) is 1. The molecule has 1 N–H and O–H groups in total. The number of aryl methyl sites for hydroxylation is 1. The van der Waals surface area contributed by atoms with Gasteiger partial charge in [0, 0.05) is 43.5 Å². The van der Waals surface area contributed by atoms with Crippen LogP contribution in [0.5, 0.6) is 6.01 Å². The lowest BCUT2D eigenvalue weighted by Gasteiger charge is -2.41. The van der Waals surface area contributed by atoms with E-state index in [0.717, 1.165) is 24.9 Å². The van der Waals surface area contributed by atoms with Gasteiger partial charge < -0.3 is 29.4 Å². The van der Waals surface area contributed by atoms with E-state index in [1.807, 2.05) is 11.9 Å². The molecule has 1 aromatic heterocycles. The van der Waals surface area contributed by atoms with Gasteiger partial charge in [0.1, 0.15) is 12.4 Å². The molecule has 1 amide bonds. The maximum Gasteiger partial charge on any atom is 0.418 e. The van der Waals surface area contributed by atoms with Gasteiger partial charge in [-0.1, -0.05) is 12.1 Å². The smallest absolute Gasteiger partial charge is 0.418 e. The third-order valence-corrected chi connectivity index (χ3v) is 8.33. The van der Waals surface area contributed by atoms with E-state index >= 15 is 0 Å². The van der Waals surface area contributed by atoms with Crippen LogP contribution in [0.2, 0.25) is 0 Å². The van der Waals surface area contributed by atoms with Crippen LogP contribution in [0.4, 0.5) is 29.5 Å². The fraction of sp³-hybridized carbons (Fsp3) is 0.571. The van der Waals surface area contributed by atoms with E-state index in [1.54, 1.807) is 11.0 Å². The number of likely N-dealkylation sites (tertiary alicyclic amines) is 1. The number of likely N-dealkylation sites (N-methyl/N-ethyl adjacent to an activating group) is 1. The Labute approximate surface area is 236 Å². The van der Waals surface area contributed by atoms with Crippen molar-refractivity contribution < 1.29 is 27.8 Å². The van der Waals surface area contributed by atoms with E-state index in [-0.39, 0.29) is 49.4 Å². The van der Waals surface area contributed by atoms with Crippen LogP contribution in [0.1, 0.15) is 41.6 Å². The lowest BCUT2D eigenvalue weighted by atomic mass is 10.00. The summed E-state index contributed by atoms with van der Waals surface area (Å²) >= 11 is 0. The van der Waals surface area contributed by atoms with Crippen LogP contribution >= 0.6 is 0 Å². The van der Waals surface area contributed by atoms with Gasteiger partial charge in [0.15, 0.2) is 0 Å². The lowest BCUT2D eigenvalue weighted by Crippen LogP contribution is -2.55. The molecule has 0 aliphatic carbocycles. The Bertz CT molecular complexity index is 1330. The standard InChI is InChI=1S/C28H34F3N7O3/c1-18-5-3-7-23(24(18)28(29,30)31)36-12-9-21-22(16-36)33-26(41-17-20-6-4-11-35(20)2)34-25(21)37-13-14-38(27(39)40)19(15-37)8-10-32/h3,5,7,19-20H,4,6,8-9,11-17H2,1-2H3,(H,39,40)/t19-,20-/m0/s1. The van der Waals surface area contributed by atoms with Crippen LogP contribution in [-0.2, 0) is 19.1 Å². The van der Waals surface area contributed by atoms with Gasteiger partial charge in [-0.05, 0) is 51.4 Å². The van der Waals surface area contributed by atoms with E-state index in [9.17, 15) is 28.3 Å². The summed E-state index contributed by atoms with van der Waals surface area (Å²) in [6.45, 7) is 4.15. The zero-order valence-corrected chi connectivity index (χ0v) is 23.2. The highest BCUT2D eigenvalue weighted by Crippen LogP contribution is 2.41. The molecular weight excluding hydrogens is 539 g/mol. The minimum Gasteiger partial charge on any atom is -0.465 e. The highest BCUT2D eigenvalue weighted by Gasteiger charge is 2.38. The molecule has 2 fully saturated rings. The summed E-state index contributed by atoms with van der Waals surface area (Å²) in [5.74, 6) is 0.595. The molecule has 3 aliphatic heterocycles. The quantitative estimate of drug-likeness (QED) is 0.550. The van der Waals surface area contributed by atoms with Crippen molar-refractivity contribution in [1.82, 2.24) is 19.8 Å². The molecule has 3 aliphatic rings. The number of halogens is 3. The average Bonchev–Trinajstić information content (AvgIpc) is 3.34. The van der Waals surface area contributed by atoms with E-state index in [4.69, 9.17) is 9.72 Å². The average molecular weight is 574 g/mol. The fourth-order valence-corrected chi connectivity index (χ4v) is 6.15. The van der Waals surface area contributed by atoms with Gasteiger partial charge in [-0.2, -0.15) is 28.4 Å². The molecule has 10 nitrogen and oxygen atoms in total. The highest BCUT2D eigenvalue weighted by atomic mass is 19.4. The van der Waals surface area contributed by atoms with Crippen LogP contribution in [0.3, 0.4) is 0 Å². The van der Waals surface area contributed by atoms with Crippen molar-refractivity contribution in [3.05, 3.63) is 40.6 Å². The second kappa shape index (κ2) is 11.6. The molecular formula is C28H34F3N7O3. The molecule has 0 bridgehead atoms. The van der Waals surface area contributed by atoms with Crippen LogP contribution in [0.25, 0.3) is 0 Å². The zero-order valence-electron chi connectivity index (χ0n) is 23.2. The normalized spacial score (nSPS) is 21.5. The summed E-state index contributed by atoms with van der Waals surface area (Å²) in [7, 11) is 2.04. The second-order valence-electron chi connectivity index (χ2n) is 10.9. The fourth-order valence-electron chi connectivity index (χ4n) is 6.15. The van der Waals surface area contributed by atoms with E-state index in [1.165, 1.54) is 24.0 Å². The molecule has 0 unspecified atom stereocenters. The predicted molar refractivity (Wildman–Crippen MR) is 145 cm³/mol. The number of nitrogens with zero attached hydrogens (tertiary/aromatic N) is 7. The minimum absolute atomic E-state index is 0.0365. The van der Waals surface area contributed by atoms with Gasteiger partial charge in [-0.15, -0.1) is 0 Å². The number of rotatable bonds is 6. The molecule has 0 saturated carbocycles. The Kier molecular flexibility index (Phi) is 8.13. The maximum atomic E-state index is 14.0. The molecule has 220 valence electrons. The summed E-state index contributed by atoms with van der Waals surface area (Å²) in [6.07, 6.45) is -3.07. The van der Waals surface area contributed by atoms with Gasteiger partial charge in [-0.25, -0.2) is 4.79 Å². The molecule has 2 atom stereocenters. The number of piperazine rings is 1. The molecule has 13 heteroatoms. The Morgan fingerprint density at radius 1 is 1.17 bits per heavy atom. The Balaban J connectivity index is 1.49. The number of benzene rings is 1. The van der Waals surface area contributed by atoms with Gasteiger partial charge in [-0.3, -0.25) is 0 Å². The summed E-state index contributed by atoms with van der Waals surface area (Å²) < 4.78 is 48.2. The van der Waals surface area contributed by atoms with Crippen LogP contribution < -0.4 is 14.5 Å². The van der Waals surface area contributed by atoms with Crippen LogP contribution in [-0.4, -0.2) is 89.4 Å². The first-order valence-corrected chi connectivity index (χ1v) is 13.8. The summed E-state index contributed by atoms with van der Waals surface area (Å²) in [5.41, 5.74) is 1.02. The highest BCUT2D eigenvalue weighted by molar-refractivity contribution is 5.66. The molecule has 2 saturated heterocycles. The third kappa shape index (κ3) is 5.98. The molecule has 4 heterocycles. The third-order valence-electron chi connectivity index (χ3n) is 8.33. The SMILES string of the molecule is Cc1cccc(N2CCc3c(nc(OC[C@@H]4CCCN4C)nc3N3CCN(C(=O)O)[C@@H](CC#N)C3)C2)c1C(F)(F)F. The van der Waals surface area contributed by atoms with Gasteiger partial charge >= 0.3 is 18.3 Å². The molecule has 41 heavy (non-hydrogen) atoms. The van der Waals surface area contributed by atoms with Crippen LogP contribution in [0.15, 0.2) is 18.2 Å². The Morgan fingerprint density at radius 2 is 1.98 bits per heavy atom. The lowest BCUT2D eigenvalue weighted by molar-refractivity contribution is -0.137. The van der Waals surface area contributed by atoms with E-state index < -0.39 is 23.9 Å². The summed E-state index contributed by atoms with van der Waals surface area (Å²) in [5, 5.41) is 18.9. The molecule has 1 aromatic carbocycles. The number of nitriles is 1. The van der Waals surface area contributed by atoms with Crippen molar-refractivity contribution in [1.29, 1.82) is 5.26 Å². The molecule has 0 spiro atoms. The number of hydrogen-bond donors (Lipinski definition) is 1. The Hall–Kier alpha value is -3.79. The van der Waals surface area contributed by atoms with Crippen molar-refractivity contribution in [2.24, 2.45) is 0 Å². The zero-order chi connectivity index (χ0) is 29.3. The number of amides is 1. The second-order valence-corrected chi connectivity index (χ2v) is 10.9. The number of anilines is 2. The Morgan fingerprint density at radius 3 is 2.66 bits per heavy atom. The molecule has 5 rings (SSSR count). The largest absolute Gasteiger partial charge is 0.465 e. The number of alkyl halides is 3. The predicted octanol–water partition coefficient (Wildman–Crippen LogP) is 3.92. The van der Waals surface area contributed by atoms with E-state index in [0.29, 0.717) is 37.6 Å². The van der Waals surface area contributed by atoms with Crippen molar-refractivity contribution in [2.75, 3.05) is 56.2 Å². The van der Waals surface area contributed by atoms with Gasteiger partial charge in [0.25, 0.3) is 0 Å². The van der Waals surface area contributed by atoms with Crippen molar-refractivity contribution >= 4 is 17.6 Å². The van der Waals surface area contributed by atoms with Crippen molar-refractivity contribution in [2.45, 2.75) is 57.4 Å². The van der Waals surface area contributed by atoms with Gasteiger partial charge in [0.05, 0.1) is 36.3 Å². The number of hydrogen-bond acceptors (Lipinski definition) is 8. The summed E-state index contributed by atoms with van der Waals surface area (Å²) in [4.78, 5) is 28.4. The number of carboxylic acid groups (broad SMARTS) is 1. The van der Waals surface area contributed by atoms with Crippen molar-refractivity contribution in [3.63, 3.8) is 0 Å². The maximum absolute atomic E-state index is 14.0. The summed E-state index contributed by atoms with van der Waals surface area (Å²) in [6, 6.07) is 6.50. The number of aromatic nitrogens is 2. The first kappa shape index (κ1) is 28.7. The molecule has 2 aromatic rings. The number of carbonyl (C=O) groups is 1. The van der Waals surface area contributed by atoms with Crippen LogP contribution in [0, 0.1) is 18.3 Å². The first-order chi connectivity index (χ1) is 19.6. The topological polar surface area (TPSA) is 109 Å². The first-order valence-electron chi connectivity index (χ1n) is 13.8. The van der Waals surface area contributed by atoms with Gasteiger partial charge in [0.2, 0.25) is 0 Å². The van der Waals surface area contributed by atoms with Crippen molar-refractivity contribution in [3.8, 4) is 12.1 Å². The monoisotopic (exact) mass is 573 g/mol. The molecule has 0 radical (unpaired) electrons. The minimum atomic E-state index is -4.50.